The van der Waals surface area contributed by atoms with Crippen molar-refractivity contribution < 1.29 is 23.1 Å². The number of halogens is 3. The summed E-state index contributed by atoms with van der Waals surface area (Å²) >= 11 is 0. The molecule has 0 saturated heterocycles. The zero-order valence-electron chi connectivity index (χ0n) is 13.1. The van der Waals surface area contributed by atoms with Crippen molar-refractivity contribution in [2.24, 2.45) is 7.05 Å². The molecular weight excluding hydrogens is 313 g/mol. The van der Waals surface area contributed by atoms with E-state index < -0.39 is 30.0 Å². The first kappa shape index (κ1) is 17.6. The van der Waals surface area contributed by atoms with Crippen molar-refractivity contribution in [3.63, 3.8) is 0 Å². The number of aliphatic hydroxyl groups is 1. The van der Waals surface area contributed by atoms with E-state index in [1.54, 1.807) is 0 Å². The highest BCUT2D eigenvalue weighted by atomic mass is 19.4. The first-order valence-corrected chi connectivity index (χ1v) is 7.56. The summed E-state index contributed by atoms with van der Waals surface area (Å²) in [6, 6.07) is -1.04. The second kappa shape index (κ2) is 6.77. The summed E-state index contributed by atoms with van der Waals surface area (Å²) in [5.41, 5.74) is -1.17. The first-order valence-electron chi connectivity index (χ1n) is 7.56. The van der Waals surface area contributed by atoms with Crippen molar-refractivity contribution >= 4 is 11.8 Å². The van der Waals surface area contributed by atoms with Crippen molar-refractivity contribution in [3.8, 4) is 0 Å². The zero-order chi connectivity index (χ0) is 17.2. The van der Waals surface area contributed by atoms with Crippen molar-refractivity contribution in [1.82, 2.24) is 15.1 Å². The van der Waals surface area contributed by atoms with Gasteiger partial charge in [-0.3, -0.25) is 10.00 Å². The highest BCUT2D eigenvalue weighted by Gasteiger charge is 2.37. The number of alkyl halides is 3. The molecule has 23 heavy (non-hydrogen) atoms. The number of aliphatic hydroxyl groups excluding tert-OH is 1. The molecule has 0 radical (unpaired) electrons. The van der Waals surface area contributed by atoms with Gasteiger partial charge in [0.15, 0.2) is 5.69 Å². The van der Waals surface area contributed by atoms with Gasteiger partial charge in [-0.1, -0.05) is 19.3 Å². The Bertz CT molecular complexity index is 571. The highest BCUT2D eigenvalue weighted by molar-refractivity contribution is 5.89. The predicted octanol–water partition coefficient (Wildman–Crippen LogP) is 2.56. The molecule has 1 fully saturated rings. The van der Waals surface area contributed by atoms with Crippen molar-refractivity contribution in [3.05, 3.63) is 11.3 Å². The van der Waals surface area contributed by atoms with E-state index in [0.717, 1.165) is 23.9 Å². The Morgan fingerprint density at radius 3 is 2.57 bits per heavy atom. The molecule has 0 spiro atoms. The first-order chi connectivity index (χ1) is 10.7. The summed E-state index contributed by atoms with van der Waals surface area (Å²) in [5, 5.41) is 18.4. The van der Waals surface area contributed by atoms with Crippen LogP contribution in [0.3, 0.4) is 0 Å². The Morgan fingerprint density at radius 2 is 1.96 bits per heavy atom. The lowest BCUT2D eigenvalue weighted by molar-refractivity contribution is -0.141. The number of urea groups is 1. The van der Waals surface area contributed by atoms with Gasteiger partial charge >= 0.3 is 12.2 Å². The Labute approximate surface area is 132 Å². The summed E-state index contributed by atoms with van der Waals surface area (Å²) in [4.78, 5) is 12.0. The quantitative estimate of drug-likeness (QED) is 0.727. The molecule has 1 heterocycles. The number of nitrogens with one attached hydrogen (secondary N) is 2. The number of aromatic nitrogens is 2. The van der Waals surface area contributed by atoms with Crippen LogP contribution in [0.2, 0.25) is 0 Å². The molecule has 2 rings (SSSR count). The van der Waals surface area contributed by atoms with Gasteiger partial charge in [0.05, 0.1) is 12.1 Å². The van der Waals surface area contributed by atoms with Crippen LogP contribution in [0.1, 0.15) is 43.4 Å². The lowest BCUT2D eigenvalue weighted by Gasteiger charge is -2.22. The molecule has 0 aromatic carbocycles. The van der Waals surface area contributed by atoms with E-state index in [0.29, 0.717) is 12.8 Å². The van der Waals surface area contributed by atoms with E-state index in [4.69, 9.17) is 0 Å². The monoisotopic (exact) mass is 334 g/mol. The van der Waals surface area contributed by atoms with E-state index in [1.807, 2.05) is 0 Å². The molecular formula is C14H21F3N4O2. The maximum atomic E-state index is 12.8. The van der Waals surface area contributed by atoms with Gasteiger partial charge in [0.25, 0.3) is 0 Å². The lowest BCUT2D eigenvalue weighted by atomic mass is 10.1. The largest absolute Gasteiger partial charge is 0.435 e. The summed E-state index contributed by atoms with van der Waals surface area (Å²) in [6.45, 7) is 1.26. The van der Waals surface area contributed by atoms with E-state index in [9.17, 15) is 23.1 Å². The van der Waals surface area contributed by atoms with Gasteiger partial charge in [-0.05, 0) is 19.8 Å². The number of rotatable bonds is 2. The number of hydrogen-bond acceptors (Lipinski definition) is 3. The fraction of sp³-hybridized carbons (Fsp3) is 0.714. The molecule has 1 aliphatic carbocycles. The Balaban J connectivity index is 2.07. The fourth-order valence-corrected chi connectivity index (χ4v) is 2.84. The topological polar surface area (TPSA) is 79.2 Å². The molecule has 1 aromatic rings. The predicted molar refractivity (Wildman–Crippen MR) is 78.0 cm³/mol. The summed E-state index contributed by atoms with van der Waals surface area (Å²) < 4.78 is 39.4. The number of carbonyl (C=O) groups excluding carboxylic acids is 1. The average molecular weight is 334 g/mol. The van der Waals surface area contributed by atoms with Crippen LogP contribution in [-0.4, -0.2) is 33.1 Å². The Hall–Kier alpha value is -1.77. The van der Waals surface area contributed by atoms with E-state index in [1.165, 1.54) is 14.0 Å². The minimum absolute atomic E-state index is 0.0158. The molecule has 0 bridgehead atoms. The standard InChI is InChI=1S/C14H21F3N4O2/c1-8-11(14(15,16)17)20-21(2)12(8)19-13(23)18-9-6-4-3-5-7-10(9)22/h9-10,22H,3-7H2,1-2H3,(H2,18,19,23)/t9-,10-/m1/s1. The number of carbonyl (C=O) groups is 1. The van der Waals surface area contributed by atoms with Crippen LogP contribution in [0, 0.1) is 6.92 Å². The normalized spacial score (nSPS) is 22.5. The van der Waals surface area contributed by atoms with Crippen LogP contribution in [0.5, 0.6) is 0 Å². The molecule has 2 atom stereocenters. The van der Waals surface area contributed by atoms with Crippen LogP contribution in [0.15, 0.2) is 0 Å². The zero-order valence-corrected chi connectivity index (χ0v) is 13.1. The maximum absolute atomic E-state index is 12.8. The molecule has 6 nitrogen and oxygen atoms in total. The van der Waals surface area contributed by atoms with Gasteiger partial charge in [0.2, 0.25) is 0 Å². The van der Waals surface area contributed by atoms with Crippen molar-refractivity contribution in [2.75, 3.05) is 5.32 Å². The van der Waals surface area contributed by atoms with E-state index in [2.05, 4.69) is 15.7 Å². The van der Waals surface area contributed by atoms with Crippen molar-refractivity contribution in [1.29, 1.82) is 0 Å². The molecule has 0 unspecified atom stereocenters. The third-order valence-corrected chi connectivity index (χ3v) is 4.08. The van der Waals surface area contributed by atoms with Crippen LogP contribution < -0.4 is 10.6 Å². The number of aryl methyl sites for hydroxylation is 1. The van der Waals surface area contributed by atoms with Gasteiger partial charge in [-0.15, -0.1) is 0 Å². The third-order valence-electron chi connectivity index (χ3n) is 4.08. The maximum Gasteiger partial charge on any atom is 0.435 e. The minimum atomic E-state index is -4.57. The summed E-state index contributed by atoms with van der Waals surface area (Å²) in [7, 11) is 1.33. The van der Waals surface area contributed by atoms with Gasteiger partial charge < -0.3 is 10.4 Å². The SMILES string of the molecule is Cc1c(C(F)(F)F)nn(C)c1NC(=O)N[C@@H]1CCCCC[C@H]1O. The van der Waals surface area contributed by atoms with Gasteiger partial charge in [-0.25, -0.2) is 4.79 Å². The molecule has 3 N–H and O–H groups in total. The van der Waals surface area contributed by atoms with E-state index in [-0.39, 0.29) is 11.4 Å². The highest BCUT2D eigenvalue weighted by Crippen LogP contribution is 2.33. The molecule has 0 aliphatic heterocycles. The molecule has 130 valence electrons. The van der Waals surface area contributed by atoms with Crippen LogP contribution in [0.25, 0.3) is 0 Å². The van der Waals surface area contributed by atoms with Crippen LogP contribution >= 0.6 is 0 Å². The fourth-order valence-electron chi connectivity index (χ4n) is 2.84. The molecule has 1 saturated carbocycles. The number of hydrogen-bond donors (Lipinski definition) is 3. The molecule has 9 heteroatoms. The summed E-state index contributed by atoms with van der Waals surface area (Å²) in [5.74, 6) is -0.0158. The second-order valence-electron chi connectivity index (χ2n) is 5.85. The average Bonchev–Trinajstić information content (AvgIpc) is 2.61. The van der Waals surface area contributed by atoms with Crippen molar-refractivity contribution in [2.45, 2.75) is 57.3 Å². The number of nitrogens with zero attached hydrogens (tertiary/aromatic N) is 2. The van der Waals surface area contributed by atoms with E-state index >= 15 is 0 Å². The number of anilines is 1. The molecule has 1 aromatic heterocycles. The second-order valence-corrected chi connectivity index (χ2v) is 5.85. The van der Waals surface area contributed by atoms with Crippen LogP contribution in [0.4, 0.5) is 23.8 Å². The Morgan fingerprint density at radius 1 is 1.30 bits per heavy atom. The van der Waals surface area contributed by atoms with Gasteiger partial charge in [0, 0.05) is 12.6 Å². The molecule has 1 aliphatic rings. The smallest absolute Gasteiger partial charge is 0.391 e. The third kappa shape index (κ3) is 4.15. The Kier molecular flexibility index (Phi) is 5.18. The summed E-state index contributed by atoms with van der Waals surface area (Å²) in [6.07, 6.45) is -1.17. The molecule has 2 amide bonds. The number of amides is 2. The van der Waals surface area contributed by atoms with Gasteiger partial charge in [-0.2, -0.15) is 18.3 Å². The van der Waals surface area contributed by atoms with Gasteiger partial charge in [0.1, 0.15) is 5.82 Å². The van der Waals surface area contributed by atoms with Crippen LogP contribution in [-0.2, 0) is 13.2 Å². The lowest BCUT2D eigenvalue weighted by Crippen LogP contribution is -2.44. The minimum Gasteiger partial charge on any atom is -0.391 e.